The minimum atomic E-state index is -0.559. The molecular formula is C36H36N4O4S2. The molecule has 1 aliphatic rings. The van der Waals surface area contributed by atoms with E-state index in [-0.39, 0.29) is 24.8 Å². The van der Waals surface area contributed by atoms with Crippen LogP contribution < -0.4 is 10.6 Å². The molecule has 6 rings (SSSR count). The first kappa shape index (κ1) is 31.9. The van der Waals surface area contributed by atoms with E-state index in [2.05, 4.69) is 45.1 Å². The molecule has 236 valence electrons. The molecule has 0 spiro atoms. The van der Waals surface area contributed by atoms with Crippen LogP contribution in [0.15, 0.2) is 107 Å². The van der Waals surface area contributed by atoms with Crippen molar-refractivity contribution in [3.63, 3.8) is 0 Å². The molecule has 46 heavy (non-hydrogen) atoms. The molecule has 4 aromatic carbocycles. The molecule has 1 aliphatic heterocycles. The number of aromatic nitrogens is 2. The Kier molecular flexibility index (Phi) is 10.7. The molecule has 3 N–H and O–H groups in total. The summed E-state index contributed by atoms with van der Waals surface area (Å²) < 4.78 is 14.1. The van der Waals surface area contributed by atoms with Crippen LogP contribution in [-0.4, -0.2) is 33.2 Å². The maximum atomic E-state index is 12.4. The highest BCUT2D eigenvalue weighted by Gasteiger charge is 2.32. The summed E-state index contributed by atoms with van der Waals surface area (Å²) in [6.45, 7) is 2.84. The number of aryl methyl sites for hydroxylation is 1. The maximum Gasteiger partial charge on any atom is 0.315 e. The number of urea groups is 1. The van der Waals surface area contributed by atoms with E-state index in [1.807, 2.05) is 85.8 Å². The van der Waals surface area contributed by atoms with Crippen LogP contribution >= 0.6 is 23.1 Å². The fourth-order valence-electron chi connectivity index (χ4n) is 5.27. The molecule has 2 heterocycles. The summed E-state index contributed by atoms with van der Waals surface area (Å²) in [5, 5.41) is 24.7. The summed E-state index contributed by atoms with van der Waals surface area (Å²) in [7, 11) is 0. The van der Waals surface area contributed by atoms with Crippen molar-refractivity contribution in [1.29, 1.82) is 0 Å². The normalized spacial score (nSPS) is 17.8. The van der Waals surface area contributed by atoms with Gasteiger partial charge in [-0.1, -0.05) is 114 Å². The number of nitrogens with one attached hydrogen (secondary N) is 2. The molecule has 3 atom stereocenters. The Hall–Kier alpha value is -4.06. The van der Waals surface area contributed by atoms with Crippen LogP contribution in [0.3, 0.4) is 0 Å². The lowest BCUT2D eigenvalue weighted by Crippen LogP contribution is -2.34. The second-order valence-electron chi connectivity index (χ2n) is 11.1. The van der Waals surface area contributed by atoms with Gasteiger partial charge in [0.15, 0.2) is 10.6 Å². The van der Waals surface area contributed by atoms with E-state index < -0.39 is 6.29 Å². The van der Waals surface area contributed by atoms with E-state index in [1.165, 1.54) is 0 Å². The van der Waals surface area contributed by atoms with Crippen molar-refractivity contribution in [2.45, 2.75) is 55.9 Å². The largest absolute Gasteiger partial charge is 0.392 e. The van der Waals surface area contributed by atoms with Crippen molar-refractivity contribution >= 4 is 29.1 Å². The van der Waals surface area contributed by atoms with Gasteiger partial charge in [0.05, 0.1) is 18.8 Å². The Morgan fingerprint density at radius 3 is 2.28 bits per heavy atom. The quantitative estimate of drug-likeness (QED) is 0.128. The van der Waals surface area contributed by atoms with Gasteiger partial charge in [-0.3, -0.25) is 0 Å². The van der Waals surface area contributed by atoms with Gasteiger partial charge in [0.2, 0.25) is 0 Å². The highest BCUT2D eigenvalue weighted by molar-refractivity contribution is 8.01. The topological polar surface area (TPSA) is 106 Å². The number of thioether (sulfide) groups is 1. The highest BCUT2D eigenvalue weighted by atomic mass is 32.2. The molecule has 0 bridgehead atoms. The summed E-state index contributed by atoms with van der Waals surface area (Å²) in [5.74, 6) is 0.730. The molecule has 0 aliphatic carbocycles. The third-order valence-corrected chi connectivity index (χ3v) is 9.79. The predicted molar refractivity (Wildman–Crippen MR) is 181 cm³/mol. The molecule has 0 saturated carbocycles. The minimum absolute atomic E-state index is 0.00355. The number of amides is 2. The zero-order valence-electron chi connectivity index (χ0n) is 25.5. The number of rotatable bonds is 11. The lowest BCUT2D eigenvalue weighted by atomic mass is 9.99. The Balaban J connectivity index is 1.15. The molecule has 0 radical (unpaired) electrons. The van der Waals surface area contributed by atoms with Crippen molar-refractivity contribution in [3.8, 4) is 11.1 Å². The van der Waals surface area contributed by atoms with Crippen molar-refractivity contribution in [2.24, 2.45) is 0 Å². The number of carbonyl (C=O) groups excluding carboxylic acids is 1. The number of hydrogen-bond donors (Lipinski definition) is 3. The third-order valence-electron chi connectivity index (χ3n) is 7.68. The van der Waals surface area contributed by atoms with Crippen molar-refractivity contribution < 1.29 is 19.4 Å². The number of aliphatic hydroxyl groups is 1. The van der Waals surface area contributed by atoms with E-state index in [0.29, 0.717) is 19.5 Å². The fourth-order valence-corrected chi connectivity index (χ4v) is 7.13. The summed E-state index contributed by atoms with van der Waals surface area (Å²) in [4.78, 5) is 12.4. The highest BCUT2D eigenvalue weighted by Crippen LogP contribution is 2.40. The van der Waals surface area contributed by atoms with Gasteiger partial charge in [0, 0.05) is 30.8 Å². The summed E-state index contributed by atoms with van der Waals surface area (Å²) >= 11 is 3.24. The Labute approximate surface area is 277 Å². The van der Waals surface area contributed by atoms with Gasteiger partial charge in [-0.15, -0.1) is 10.2 Å². The zero-order chi connectivity index (χ0) is 31.7. The standard InChI is InChI=1S/C36H36N4O4S2/c1-24-39-40-36(46-24)45-23-32-19-33(28-15-13-26(22-41)14-16-28)44-34(43-32)31-12-6-11-30(18-31)29-10-5-9-27(17-29)21-38-35(42)37-20-25-7-3-2-4-8-25/h2-18,32-34,41H,19-23H2,1H3,(H2,37,38,42)/t32-,33+,34+/m0/s1. The fraction of sp³-hybridized carbons (Fsp3) is 0.250. The average molecular weight is 653 g/mol. The van der Waals surface area contributed by atoms with Crippen LogP contribution in [-0.2, 0) is 29.2 Å². The van der Waals surface area contributed by atoms with E-state index in [4.69, 9.17) is 9.47 Å². The van der Waals surface area contributed by atoms with Gasteiger partial charge in [-0.05, 0) is 52.4 Å². The molecule has 1 aromatic heterocycles. The average Bonchev–Trinajstić information content (AvgIpc) is 3.54. The van der Waals surface area contributed by atoms with Gasteiger partial charge in [0.1, 0.15) is 5.01 Å². The molecule has 2 amide bonds. The van der Waals surface area contributed by atoms with Crippen LogP contribution in [0.1, 0.15) is 51.6 Å². The van der Waals surface area contributed by atoms with Gasteiger partial charge in [-0.2, -0.15) is 0 Å². The van der Waals surface area contributed by atoms with Crippen LogP contribution in [0, 0.1) is 6.92 Å². The van der Waals surface area contributed by atoms with E-state index in [1.54, 1.807) is 23.1 Å². The molecular weight excluding hydrogens is 617 g/mol. The van der Waals surface area contributed by atoms with E-state index in [0.717, 1.165) is 54.0 Å². The van der Waals surface area contributed by atoms with Crippen molar-refractivity contribution in [2.75, 3.05) is 5.75 Å². The van der Waals surface area contributed by atoms with Crippen LogP contribution in [0.2, 0.25) is 0 Å². The Morgan fingerprint density at radius 1 is 0.826 bits per heavy atom. The zero-order valence-corrected chi connectivity index (χ0v) is 27.1. The first-order valence-electron chi connectivity index (χ1n) is 15.2. The Bertz CT molecular complexity index is 1730. The predicted octanol–water partition coefficient (Wildman–Crippen LogP) is 7.34. The number of benzene rings is 4. The molecule has 5 aromatic rings. The number of hydrogen-bond acceptors (Lipinski definition) is 8. The lowest BCUT2D eigenvalue weighted by molar-refractivity contribution is -0.245. The number of ether oxygens (including phenoxy) is 2. The number of aliphatic hydroxyl groups excluding tert-OH is 1. The molecule has 10 heteroatoms. The van der Waals surface area contributed by atoms with Crippen molar-refractivity contribution in [3.05, 3.63) is 136 Å². The lowest BCUT2D eigenvalue weighted by Gasteiger charge is -2.36. The molecule has 1 saturated heterocycles. The minimum Gasteiger partial charge on any atom is -0.392 e. The molecule has 1 fully saturated rings. The van der Waals surface area contributed by atoms with E-state index in [9.17, 15) is 9.90 Å². The Morgan fingerprint density at radius 2 is 1.54 bits per heavy atom. The van der Waals surface area contributed by atoms with Crippen molar-refractivity contribution in [1.82, 2.24) is 20.8 Å². The van der Waals surface area contributed by atoms with Gasteiger partial charge in [-0.25, -0.2) is 4.79 Å². The summed E-state index contributed by atoms with van der Waals surface area (Å²) in [5.41, 5.74) is 6.97. The number of carbonyl (C=O) groups is 1. The molecule has 8 nitrogen and oxygen atoms in total. The first-order chi connectivity index (χ1) is 22.5. The SMILES string of the molecule is Cc1nnc(SC[C@@H]2C[C@H](c3ccc(CO)cc3)O[C@H](c3cccc(-c4cccc(CNC(=O)NCc5ccccc5)c4)c3)O2)s1. The smallest absolute Gasteiger partial charge is 0.315 e. The summed E-state index contributed by atoms with van der Waals surface area (Å²) in [6.07, 6.45) is -0.0926. The second-order valence-corrected chi connectivity index (χ2v) is 13.5. The van der Waals surface area contributed by atoms with Gasteiger partial charge >= 0.3 is 6.03 Å². The van der Waals surface area contributed by atoms with Crippen LogP contribution in [0.25, 0.3) is 11.1 Å². The first-order valence-corrected chi connectivity index (χ1v) is 17.0. The van der Waals surface area contributed by atoms with Crippen LogP contribution in [0.5, 0.6) is 0 Å². The van der Waals surface area contributed by atoms with Gasteiger partial charge in [0.25, 0.3) is 0 Å². The second kappa shape index (κ2) is 15.5. The van der Waals surface area contributed by atoms with E-state index >= 15 is 0 Å². The maximum absolute atomic E-state index is 12.4. The van der Waals surface area contributed by atoms with Gasteiger partial charge < -0.3 is 25.2 Å². The number of nitrogens with zero attached hydrogens (tertiary/aromatic N) is 2. The molecule has 0 unspecified atom stereocenters. The third kappa shape index (κ3) is 8.60. The monoisotopic (exact) mass is 652 g/mol. The summed E-state index contributed by atoms with van der Waals surface area (Å²) in [6, 6.07) is 33.9. The van der Waals surface area contributed by atoms with Crippen LogP contribution in [0.4, 0.5) is 4.79 Å².